The van der Waals surface area contributed by atoms with E-state index >= 15 is 0 Å². The second kappa shape index (κ2) is 10.6. The van der Waals surface area contributed by atoms with Crippen molar-refractivity contribution >= 4 is 39.3 Å². The average Bonchev–Trinajstić information content (AvgIpc) is 3.00. The molecule has 1 aliphatic rings. The van der Waals surface area contributed by atoms with Crippen LogP contribution in [0.1, 0.15) is 49.5 Å². The molecule has 1 aliphatic heterocycles. The summed E-state index contributed by atoms with van der Waals surface area (Å²) in [5, 5.41) is 3.37. The Labute approximate surface area is 204 Å². The Bertz CT molecular complexity index is 1200. The number of fused-ring (bicyclic) bond motifs is 1. The Morgan fingerprint density at radius 1 is 1.12 bits per heavy atom. The van der Waals surface area contributed by atoms with E-state index in [-0.39, 0.29) is 41.9 Å². The molecule has 0 bridgehead atoms. The largest absolute Gasteiger partial charge is 0.352 e. The molecular formula is C24H28ClN3O5S. The highest BCUT2D eigenvalue weighted by Crippen LogP contribution is 2.30. The van der Waals surface area contributed by atoms with E-state index < -0.39 is 27.9 Å². The lowest BCUT2D eigenvalue weighted by molar-refractivity contribution is -0.140. The van der Waals surface area contributed by atoms with Crippen LogP contribution in [0.5, 0.6) is 0 Å². The van der Waals surface area contributed by atoms with Gasteiger partial charge in [0.1, 0.15) is 10.9 Å². The molecule has 34 heavy (non-hydrogen) atoms. The number of hydrogen-bond donors (Lipinski definition) is 1. The van der Waals surface area contributed by atoms with E-state index in [0.29, 0.717) is 5.02 Å². The number of nitrogens with zero attached hydrogens (tertiary/aromatic N) is 2. The quantitative estimate of drug-likeness (QED) is 0.563. The molecule has 0 fully saturated rings. The molecule has 10 heteroatoms. The molecule has 1 heterocycles. The number of hydrogen-bond acceptors (Lipinski definition) is 5. The first-order valence-corrected chi connectivity index (χ1v) is 12.9. The molecule has 0 aliphatic carbocycles. The number of halogens is 1. The monoisotopic (exact) mass is 505 g/mol. The van der Waals surface area contributed by atoms with Gasteiger partial charge in [-0.15, -0.1) is 0 Å². The number of rotatable bonds is 9. The molecule has 8 nitrogen and oxygen atoms in total. The summed E-state index contributed by atoms with van der Waals surface area (Å²) >= 11 is 6.08. The van der Waals surface area contributed by atoms with E-state index in [1.54, 1.807) is 43.3 Å². The third kappa shape index (κ3) is 5.42. The van der Waals surface area contributed by atoms with E-state index in [1.807, 2.05) is 13.8 Å². The summed E-state index contributed by atoms with van der Waals surface area (Å²) in [6.45, 7) is 5.22. The average molecular weight is 506 g/mol. The van der Waals surface area contributed by atoms with Crippen molar-refractivity contribution < 1.29 is 22.8 Å². The highest BCUT2D eigenvalue weighted by atomic mass is 35.5. The molecular weight excluding hydrogens is 478 g/mol. The van der Waals surface area contributed by atoms with Crippen LogP contribution in [0.2, 0.25) is 5.02 Å². The zero-order valence-corrected chi connectivity index (χ0v) is 20.9. The molecule has 0 spiro atoms. The second-order valence-corrected chi connectivity index (χ2v) is 10.5. The summed E-state index contributed by atoms with van der Waals surface area (Å²) in [6.07, 6.45) is 0.469. The summed E-state index contributed by atoms with van der Waals surface area (Å²) in [5.41, 5.74) is 0.813. The van der Waals surface area contributed by atoms with Crippen LogP contribution >= 0.6 is 11.6 Å². The van der Waals surface area contributed by atoms with Crippen LogP contribution in [0, 0.1) is 0 Å². The Morgan fingerprint density at radius 2 is 1.82 bits per heavy atom. The van der Waals surface area contributed by atoms with Crippen molar-refractivity contribution in [1.82, 2.24) is 14.5 Å². The Hall–Kier alpha value is -2.91. The Morgan fingerprint density at radius 3 is 2.47 bits per heavy atom. The lowest BCUT2D eigenvalue weighted by Gasteiger charge is -2.30. The van der Waals surface area contributed by atoms with Crippen molar-refractivity contribution in [2.45, 2.75) is 57.1 Å². The van der Waals surface area contributed by atoms with E-state index in [4.69, 9.17) is 11.6 Å². The Kier molecular flexibility index (Phi) is 7.99. The highest BCUT2D eigenvalue weighted by Gasteiger charge is 2.41. The molecule has 0 aromatic heterocycles. The first kappa shape index (κ1) is 25.7. The SMILES string of the molecule is CC[C@H](C)NC(=O)[C@H](C)N(Cc1cccc(Cl)c1)C(=O)CCN1C(=O)c2ccccc2S1(=O)=O. The third-order valence-electron chi connectivity index (χ3n) is 5.85. The molecule has 0 unspecified atom stereocenters. The van der Waals surface area contributed by atoms with Crippen molar-refractivity contribution in [2.24, 2.45) is 0 Å². The van der Waals surface area contributed by atoms with Gasteiger partial charge in [-0.1, -0.05) is 42.8 Å². The van der Waals surface area contributed by atoms with Gasteiger partial charge in [-0.05, 0) is 50.1 Å². The summed E-state index contributed by atoms with van der Waals surface area (Å²) in [4.78, 5) is 40.0. The fourth-order valence-electron chi connectivity index (χ4n) is 3.67. The van der Waals surface area contributed by atoms with Crippen LogP contribution in [0.15, 0.2) is 53.4 Å². The van der Waals surface area contributed by atoms with E-state index in [0.717, 1.165) is 16.3 Å². The maximum atomic E-state index is 13.3. The maximum absolute atomic E-state index is 13.3. The van der Waals surface area contributed by atoms with Crippen molar-refractivity contribution in [3.05, 3.63) is 64.7 Å². The molecule has 182 valence electrons. The van der Waals surface area contributed by atoms with Crippen molar-refractivity contribution in [3.8, 4) is 0 Å². The number of carbonyl (C=O) groups excluding carboxylic acids is 3. The maximum Gasteiger partial charge on any atom is 0.269 e. The molecule has 2 aromatic rings. The van der Waals surface area contributed by atoms with Gasteiger partial charge in [-0.3, -0.25) is 14.4 Å². The van der Waals surface area contributed by atoms with Crippen LogP contribution in [-0.4, -0.2) is 54.0 Å². The molecule has 2 aromatic carbocycles. The fraction of sp³-hybridized carbons (Fsp3) is 0.375. The zero-order valence-electron chi connectivity index (χ0n) is 19.3. The summed E-state index contributed by atoms with van der Waals surface area (Å²) < 4.78 is 26.3. The molecule has 0 saturated carbocycles. The number of nitrogens with one attached hydrogen (secondary N) is 1. The zero-order chi connectivity index (χ0) is 25.0. The number of sulfonamides is 1. The lowest BCUT2D eigenvalue weighted by Crippen LogP contribution is -2.50. The van der Waals surface area contributed by atoms with E-state index in [2.05, 4.69) is 5.32 Å². The van der Waals surface area contributed by atoms with Crippen LogP contribution in [0.3, 0.4) is 0 Å². The fourth-order valence-corrected chi connectivity index (χ4v) is 5.46. The highest BCUT2D eigenvalue weighted by molar-refractivity contribution is 7.90. The van der Waals surface area contributed by atoms with Crippen LogP contribution in [0.25, 0.3) is 0 Å². The molecule has 0 radical (unpaired) electrons. The van der Waals surface area contributed by atoms with Gasteiger partial charge in [0.15, 0.2) is 0 Å². The van der Waals surface area contributed by atoms with Gasteiger partial charge < -0.3 is 10.2 Å². The predicted molar refractivity (Wildman–Crippen MR) is 129 cm³/mol. The van der Waals surface area contributed by atoms with Gasteiger partial charge in [0.2, 0.25) is 11.8 Å². The minimum atomic E-state index is -4.02. The van der Waals surface area contributed by atoms with Gasteiger partial charge in [0.25, 0.3) is 15.9 Å². The lowest BCUT2D eigenvalue weighted by atomic mass is 10.1. The number of benzene rings is 2. The number of carbonyl (C=O) groups is 3. The summed E-state index contributed by atoms with van der Waals surface area (Å²) in [5.74, 6) is -1.43. The third-order valence-corrected chi connectivity index (χ3v) is 7.93. The van der Waals surface area contributed by atoms with Gasteiger partial charge in [0, 0.05) is 30.6 Å². The minimum Gasteiger partial charge on any atom is -0.352 e. The van der Waals surface area contributed by atoms with Crippen LogP contribution in [-0.2, 0) is 26.2 Å². The molecule has 2 atom stereocenters. The Balaban J connectivity index is 1.79. The van der Waals surface area contributed by atoms with Crippen molar-refractivity contribution in [3.63, 3.8) is 0 Å². The van der Waals surface area contributed by atoms with Crippen molar-refractivity contribution in [2.75, 3.05) is 6.54 Å². The number of amides is 3. The van der Waals surface area contributed by atoms with E-state index in [9.17, 15) is 22.8 Å². The molecule has 0 saturated heterocycles. The minimum absolute atomic E-state index is 0.0652. The molecule has 3 amide bonds. The first-order chi connectivity index (χ1) is 16.1. The van der Waals surface area contributed by atoms with Gasteiger partial charge in [0.05, 0.1) is 5.56 Å². The molecule has 3 rings (SSSR count). The second-order valence-electron chi connectivity index (χ2n) is 8.27. The predicted octanol–water partition coefficient (Wildman–Crippen LogP) is 3.21. The topological polar surface area (TPSA) is 104 Å². The van der Waals surface area contributed by atoms with Crippen LogP contribution < -0.4 is 5.32 Å². The van der Waals surface area contributed by atoms with Crippen LogP contribution in [0.4, 0.5) is 0 Å². The standard InChI is InChI=1S/C24H28ClN3O5S/c1-4-16(2)26-23(30)17(3)27(15-18-8-7-9-19(25)14-18)22(29)12-13-28-24(31)20-10-5-6-11-21(20)34(28,32)33/h5-11,14,16-17H,4,12-13,15H2,1-3H3,(H,26,30)/t16-,17-/m0/s1. The molecule has 1 N–H and O–H groups in total. The van der Waals surface area contributed by atoms with Crippen molar-refractivity contribution in [1.29, 1.82) is 0 Å². The van der Waals surface area contributed by atoms with Gasteiger partial charge in [-0.25, -0.2) is 12.7 Å². The normalized spacial score (nSPS) is 16.0. The van der Waals surface area contributed by atoms with Gasteiger partial charge >= 0.3 is 0 Å². The summed E-state index contributed by atoms with van der Waals surface area (Å²) in [7, 11) is -4.02. The smallest absolute Gasteiger partial charge is 0.269 e. The van der Waals surface area contributed by atoms with Gasteiger partial charge in [-0.2, -0.15) is 0 Å². The first-order valence-electron chi connectivity index (χ1n) is 11.1. The summed E-state index contributed by atoms with van der Waals surface area (Å²) in [6, 6.07) is 12.0. The van der Waals surface area contributed by atoms with E-state index in [1.165, 1.54) is 17.0 Å².